The van der Waals surface area contributed by atoms with Crippen molar-refractivity contribution in [3.05, 3.63) is 70.3 Å². The van der Waals surface area contributed by atoms with Gasteiger partial charge in [0.05, 0.1) is 16.7 Å². The number of nitrogens with zero attached hydrogens (tertiary/aromatic N) is 1. The van der Waals surface area contributed by atoms with E-state index in [1.807, 2.05) is 6.07 Å². The fraction of sp³-hybridized carbons (Fsp3) is 0. The quantitative estimate of drug-likeness (QED) is 0.688. The lowest BCUT2D eigenvalue weighted by Gasteiger charge is -1.99. The van der Waals surface area contributed by atoms with Gasteiger partial charge in [-0.15, -0.1) is 0 Å². The van der Waals surface area contributed by atoms with Gasteiger partial charge in [-0.05, 0) is 35.9 Å². The summed E-state index contributed by atoms with van der Waals surface area (Å²) in [6.45, 7) is 0. The molecule has 3 nitrogen and oxygen atoms in total. The van der Waals surface area contributed by atoms with E-state index in [1.165, 1.54) is 18.2 Å². The molecule has 1 N–H and O–H groups in total. The molecule has 0 saturated carbocycles. The summed E-state index contributed by atoms with van der Waals surface area (Å²) in [5, 5.41) is 18.3. The molecule has 20 heavy (non-hydrogen) atoms. The Bertz CT molecular complexity index is 729. The molecule has 2 aromatic rings. The van der Waals surface area contributed by atoms with Gasteiger partial charge in [0.1, 0.15) is 5.75 Å². The average molecular weight is 284 g/mol. The van der Waals surface area contributed by atoms with Crippen LogP contribution in [0.5, 0.6) is 5.75 Å². The van der Waals surface area contributed by atoms with Gasteiger partial charge in [-0.2, -0.15) is 5.26 Å². The molecule has 4 heteroatoms. The van der Waals surface area contributed by atoms with E-state index in [-0.39, 0.29) is 16.6 Å². The number of phenols is 1. The lowest BCUT2D eigenvalue weighted by Crippen LogP contribution is -1.94. The second kappa shape index (κ2) is 6.05. The van der Waals surface area contributed by atoms with Crippen LogP contribution in [0.3, 0.4) is 0 Å². The van der Waals surface area contributed by atoms with E-state index in [9.17, 15) is 9.90 Å². The Hall–Kier alpha value is -2.57. The van der Waals surface area contributed by atoms with E-state index >= 15 is 0 Å². The molecule has 0 atom stereocenters. The van der Waals surface area contributed by atoms with Gasteiger partial charge >= 0.3 is 0 Å². The number of hydrogen-bond donors (Lipinski definition) is 1. The van der Waals surface area contributed by atoms with Crippen molar-refractivity contribution in [1.82, 2.24) is 0 Å². The number of carbonyl (C=O) groups excluding carboxylic acids is 1. The molecule has 0 amide bonds. The van der Waals surface area contributed by atoms with E-state index in [2.05, 4.69) is 0 Å². The third-order valence-electron chi connectivity index (χ3n) is 2.68. The first kappa shape index (κ1) is 13.9. The zero-order valence-electron chi connectivity index (χ0n) is 10.4. The lowest BCUT2D eigenvalue weighted by molar-refractivity contribution is 0.104. The number of ketones is 1. The van der Waals surface area contributed by atoms with Crippen molar-refractivity contribution in [3.8, 4) is 11.8 Å². The van der Waals surface area contributed by atoms with Crippen molar-refractivity contribution in [2.45, 2.75) is 0 Å². The Balaban J connectivity index is 2.20. The van der Waals surface area contributed by atoms with Gasteiger partial charge < -0.3 is 5.11 Å². The van der Waals surface area contributed by atoms with Crippen molar-refractivity contribution < 1.29 is 9.90 Å². The summed E-state index contributed by atoms with van der Waals surface area (Å²) in [7, 11) is 0. The minimum atomic E-state index is -0.203. The number of nitriles is 1. The Morgan fingerprint density at radius 3 is 2.75 bits per heavy atom. The molecule has 0 heterocycles. The van der Waals surface area contributed by atoms with E-state index in [1.54, 1.807) is 36.4 Å². The summed E-state index contributed by atoms with van der Waals surface area (Å²) >= 11 is 5.78. The first-order chi connectivity index (χ1) is 9.60. The molecule has 0 unspecified atom stereocenters. The molecule has 0 spiro atoms. The van der Waals surface area contributed by atoms with Gasteiger partial charge in [0.2, 0.25) is 0 Å². The van der Waals surface area contributed by atoms with Crippen molar-refractivity contribution in [1.29, 1.82) is 5.26 Å². The molecule has 0 radical (unpaired) electrons. The maximum absolute atomic E-state index is 12.0. The Morgan fingerprint density at radius 2 is 2.05 bits per heavy atom. The van der Waals surface area contributed by atoms with Gasteiger partial charge in [-0.25, -0.2) is 0 Å². The molecule has 0 saturated heterocycles. The molecule has 0 aliphatic heterocycles. The van der Waals surface area contributed by atoms with Crippen LogP contribution < -0.4 is 0 Å². The predicted octanol–water partition coefficient (Wildman–Crippen LogP) is 3.81. The third-order valence-corrected chi connectivity index (χ3v) is 2.98. The van der Waals surface area contributed by atoms with Crippen LogP contribution in [0.4, 0.5) is 0 Å². The van der Waals surface area contributed by atoms with Crippen LogP contribution in [-0.4, -0.2) is 10.9 Å². The lowest BCUT2D eigenvalue weighted by atomic mass is 10.1. The Labute approximate surface area is 121 Å². The van der Waals surface area contributed by atoms with Crippen LogP contribution >= 0.6 is 11.6 Å². The summed E-state index contributed by atoms with van der Waals surface area (Å²) in [6.07, 6.45) is 3.01. The number of allylic oxidation sites excluding steroid dienone is 1. The fourth-order valence-corrected chi connectivity index (χ4v) is 1.83. The maximum atomic E-state index is 12.0. The highest BCUT2D eigenvalue weighted by atomic mass is 35.5. The molecule has 0 aromatic heterocycles. The van der Waals surface area contributed by atoms with Crippen molar-refractivity contribution in [2.75, 3.05) is 0 Å². The van der Waals surface area contributed by atoms with Gasteiger partial charge in [-0.1, -0.05) is 35.9 Å². The Kier molecular flexibility index (Phi) is 4.19. The van der Waals surface area contributed by atoms with E-state index < -0.39 is 0 Å². The fourth-order valence-electron chi connectivity index (χ4n) is 1.64. The van der Waals surface area contributed by atoms with E-state index in [0.717, 1.165) is 0 Å². The number of benzene rings is 2. The number of hydrogen-bond acceptors (Lipinski definition) is 3. The summed E-state index contributed by atoms with van der Waals surface area (Å²) in [4.78, 5) is 12.0. The highest BCUT2D eigenvalue weighted by Crippen LogP contribution is 2.24. The first-order valence-corrected chi connectivity index (χ1v) is 6.19. The molecular formula is C16H10ClNO2. The van der Waals surface area contributed by atoms with Gasteiger partial charge in [0, 0.05) is 5.56 Å². The second-order valence-electron chi connectivity index (χ2n) is 4.10. The number of carbonyl (C=O) groups is 1. The molecule has 2 aromatic carbocycles. The maximum Gasteiger partial charge on any atom is 0.185 e. The molecule has 0 aliphatic rings. The second-order valence-corrected chi connectivity index (χ2v) is 4.51. The number of phenolic OH excluding ortho intramolecular Hbond substituents is 1. The summed E-state index contributed by atoms with van der Waals surface area (Å²) < 4.78 is 0. The largest absolute Gasteiger partial charge is 0.506 e. The van der Waals surface area contributed by atoms with Crippen LogP contribution in [0, 0.1) is 11.3 Å². The van der Waals surface area contributed by atoms with Crippen LogP contribution in [0.15, 0.2) is 48.5 Å². The molecular weight excluding hydrogens is 274 g/mol. The van der Waals surface area contributed by atoms with Crippen LogP contribution in [0.2, 0.25) is 5.02 Å². The SMILES string of the molecule is N#Cc1cccc(C(=O)C=Cc2ccc(O)c(Cl)c2)c1. The third kappa shape index (κ3) is 3.25. The Morgan fingerprint density at radius 1 is 1.25 bits per heavy atom. The van der Waals surface area contributed by atoms with Gasteiger partial charge in [-0.3, -0.25) is 4.79 Å². The highest BCUT2D eigenvalue weighted by molar-refractivity contribution is 6.32. The standard InChI is InChI=1S/C16H10ClNO2/c17-14-9-11(5-7-16(14)20)4-6-15(19)13-3-1-2-12(8-13)10-18/h1-9,20H. The summed E-state index contributed by atoms with van der Waals surface area (Å²) in [6, 6.07) is 13.2. The van der Waals surface area contributed by atoms with Crippen LogP contribution in [0.25, 0.3) is 6.08 Å². The van der Waals surface area contributed by atoms with Crippen molar-refractivity contribution >= 4 is 23.5 Å². The molecule has 0 bridgehead atoms. The molecule has 0 aliphatic carbocycles. The van der Waals surface area contributed by atoms with Gasteiger partial charge in [0.25, 0.3) is 0 Å². The minimum absolute atomic E-state index is 0.00290. The smallest absolute Gasteiger partial charge is 0.185 e. The summed E-state index contributed by atoms with van der Waals surface area (Å²) in [5.41, 5.74) is 1.60. The average Bonchev–Trinajstić information content (AvgIpc) is 2.48. The molecule has 98 valence electrons. The van der Waals surface area contributed by atoms with Crippen LogP contribution in [-0.2, 0) is 0 Å². The molecule has 0 fully saturated rings. The monoisotopic (exact) mass is 283 g/mol. The van der Waals surface area contributed by atoms with E-state index in [4.69, 9.17) is 16.9 Å². The minimum Gasteiger partial charge on any atom is -0.506 e. The highest BCUT2D eigenvalue weighted by Gasteiger charge is 2.03. The van der Waals surface area contributed by atoms with E-state index in [0.29, 0.717) is 16.7 Å². The first-order valence-electron chi connectivity index (χ1n) is 5.81. The summed E-state index contributed by atoms with van der Waals surface area (Å²) in [5.74, 6) is -0.205. The molecule has 2 rings (SSSR count). The predicted molar refractivity (Wildman–Crippen MR) is 77.6 cm³/mol. The normalized spacial score (nSPS) is 10.4. The van der Waals surface area contributed by atoms with Gasteiger partial charge in [0.15, 0.2) is 5.78 Å². The number of rotatable bonds is 3. The van der Waals surface area contributed by atoms with Crippen molar-refractivity contribution in [2.24, 2.45) is 0 Å². The zero-order chi connectivity index (χ0) is 14.5. The zero-order valence-corrected chi connectivity index (χ0v) is 11.1. The van der Waals surface area contributed by atoms with Crippen LogP contribution in [0.1, 0.15) is 21.5 Å². The number of aromatic hydroxyl groups is 1. The number of halogens is 1. The van der Waals surface area contributed by atoms with Crippen molar-refractivity contribution in [3.63, 3.8) is 0 Å². The topological polar surface area (TPSA) is 61.1 Å².